The van der Waals surface area contributed by atoms with E-state index in [1.807, 2.05) is 12.4 Å². The quantitative estimate of drug-likeness (QED) is 0.849. The lowest BCUT2D eigenvalue weighted by Crippen LogP contribution is -2.38. The molecule has 1 aliphatic rings. The maximum atomic E-state index is 13.2. The third kappa shape index (κ3) is 3.74. The SMILES string of the molecule is CC(C)n1ccnc1CN1CCO[C@@H](c2ccc(F)cc2Cl)C1. The van der Waals surface area contributed by atoms with Crippen molar-refractivity contribution < 1.29 is 9.13 Å². The van der Waals surface area contributed by atoms with Crippen LogP contribution < -0.4 is 0 Å². The molecule has 0 amide bonds. The van der Waals surface area contributed by atoms with Crippen LogP contribution >= 0.6 is 11.6 Å². The van der Waals surface area contributed by atoms with Gasteiger partial charge in [-0.05, 0) is 26.0 Å². The van der Waals surface area contributed by atoms with E-state index in [-0.39, 0.29) is 11.9 Å². The fourth-order valence-electron chi connectivity index (χ4n) is 2.93. The zero-order valence-corrected chi connectivity index (χ0v) is 14.1. The van der Waals surface area contributed by atoms with Crippen LogP contribution in [0.25, 0.3) is 0 Å². The molecule has 6 heteroatoms. The van der Waals surface area contributed by atoms with Crippen LogP contribution in [0.5, 0.6) is 0 Å². The van der Waals surface area contributed by atoms with Crippen LogP contribution in [0.1, 0.15) is 37.4 Å². The molecule has 1 aromatic carbocycles. The van der Waals surface area contributed by atoms with Crippen LogP contribution in [-0.2, 0) is 11.3 Å². The molecule has 23 heavy (non-hydrogen) atoms. The van der Waals surface area contributed by atoms with Gasteiger partial charge in [0.1, 0.15) is 11.6 Å². The van der Waals surface area contributed by atoms with Crippen molar-refractivity contribution in [2.24, 2.45) is 0 Å². The van der Waals surface area contributed by atoms with Crippen molar-refractivity contribution in [3.8, 4) is 0 Å². The number of imidazole rings is 1. The van der Waals surface area contributed by atoms with Gasteiger partial charge < -0.3 is 9.30 Å². The molecule has 1 aromatic heterocycles. The number of rotatable bonds is 4. The van der Waals surface area contributed by atoms with Gasteiger partial charge in [-0.3, -0.25) is 4.90 Å². The van der Waals surface area contributed by atoms with E-state index in [2.05, 4.69) is 28.3 Å². The van der Waals surface area contributed by atoms with Crippen molar-refractivity contribution in [3.05, 3.63) is 52.8 Å². The highest BCUT2D eigenvalue weighted by Crippen LogP contribution is 2.29. The highest BCUT2D eigenvalue weighted by Gasteiger charge is 2.25. The number of hydrogen-bond acceptors (Lipinski definition) is 3. The zero-order valence-electron chi connectivity index (χ0n) is 13.4. The number of hydrogen-bond donors (Lipinski definition) is 0. The first-order chi connectivity index (χ1) is 11.0. The van der Waals surface area contributed by atoms with Gasteiger partial charge in [0.05, 0.1) is 19.3 Å². The normalized spacial score (nSPS) is 19.4. The number of ether oxygens (including phenoxy) is 1. The smallest absolute Gasteiger partial charge is 0.124 e. The molecular weight excluding hydrogens is 317 g/mol. The number of nitrogens with zero attached hydrogens (tertiary/aromatic N) is 3. The van der Waals surface area contributed by atoms with Gasteiger partial charge in [-0.1, -0.05) is 17.7 Å². The monoisotopic (exact) mass is 337 g/mol. The van der Waals surface area contributed by atoms with Gasteiger partial charge in [-0.2, -0.15) is 0 Å². The molecule has 0 unspecified atom stereocenters. The zero-order chi connectivity index (χ0) is 16.4. The Hall–Kier alpha value is -1.43. The lowest BCUT2D eigenvalue weighted by Gasteiger charge is -2.33. The summed E-state index contributed by atoms with van der Waals surface area (Å²) >= 11 is 6.17. The Morgan fingerprint density at radius 2 is 2.26 bits per heavy atom. The van der Waals surface area contributed by atoms with E-state index in [4.69, 9.17) is 16.3 Å². The standard InChI is InChI=1S/C17H21ClFN3O/c1-12(2)22-6-5-20-17(22)11-21-7-8-23-16(10-21)14-4-3-13(19)9-15(14)18/h3-6,9,12,16H,7-8,10-11H2,1-2H3/t16-/m1/s1. The minimum atomic E-state index is -0.328. The molecule has 0 aliphatic carbocycles. The maximum absolute atomic E-state index is 13.2. The molecule has 0 spiro atoms. The highest BCUT2D eigenvalue weighted by molar-refractivity contribution is 6.31. The predicted octanol–water partition coefficient (Wildman–Crippen LogP) is 3.83. The summed E-state index contributed by atoms with van der Waals surface area (Å²) in [4.78, 5) is 6.76. The molecule has 4 nitrogen and oxygen atoms in total. The minimum Gasteiger partial charge on any atom is -0.371 e. The van der Waals surface area contributed by atoms with Gasteiger partial charge in [0.15, 0.2) is 0 Å². The predicted molar refractivity (Wildman–Crippen MR) is 88.0 cm³/mol. The second kappa shape index (κ2) is 6.99. The number of morpholine rings is 1. The molecule has 0 bridgehead atoms. The fourth-order valence-corrected chi connectivity index (χ4v) is 3.22. The van der Waals surface area contributed by atoms with Crippen LogP contribution in [0.2, 0.25) is 5.02 Å². The van der Waals surface area contributed by atoms with E-state index >= 15 is 0 Å². The van der Waals surface area contributed by atoms with Gasteiger partial charge >= 0.3 is 0 Å². The Labute approximate surface area is 140 Å². The second-order valence-corrected chi connectivity index (χ2v) is 6.51. The van der Waals surface area contributed by atoms with E-state index in [1.165, 1.54) is 12.1 Å². The Bertz CT molecular complexity index is 674. The summed E-state index contributed by atoms with van der Waals surface area (Å²) in [7, 11) is 0. The average Bonchev–Trinajstić information content (AvgIpc) is 2.96. The molecule has 1 aliphatic heterocycles. The summed E-state index contributed by atoms with van der Waals surface area (Å²) in [5.74, 6) is 0.719. The van der Waals surface area contributed by atoms with Gasteiger partial charge in [0.2, 0.25) is 0 Å². The Balaban J connectivity index is 1.72. The maximum Gasteiger partial charge on any atom is 0.124 e. The number of halogens is 2. The highest BCUT2D eigenvalue weighted by atomic mass is 35.5. The molecular formula is C17H21ClFN3O. The summed E-state index contributed by atoms with van der Waals surface area (Å²) in [6, 6.07) is 4.86. The van der Waals surface area contributed by atoms with E-state index in [0.29, 0.717) is 17.7 Å². The molecule has 2 heterocycles. The topological polar surface area (TPSA) is 30.3 Å². The first-order valence-corrected chi connectivity index (χ1v) is 8.23. The second-order valence-electron chi connectivity index (χ2n) is 6.10. The number of benzene rings is 1. The van der Waals surface area contributed by atoms with Crippen LogP contribution in [0, 0.1) is 5.82 Å². The molecule has 3 rings (SSSR count). The minimum absolute atomic E-state index is 0.140. The van der Waals surface area contributed by atoms with E-state index < -0.39 is 0 Å². The molecule has 0 saturated carbocycles. The summed E-state index contributed by atoms with van der Waals surface area (Å²) < 4.78 is 21.2. The summed E-state index contributed by atoms with van der Waals surface area (Å²) in [6.07, 6.45) is 3.71. The van der Waals surface area contributed by atoms with Crippen molar-refractivity contribution >= 4 is 11.6 Å². The van der Waals surface area contributed by atoms with Crippen LogP contribution in [-0.4, -0.2) is 34.1 Å². The van der Waals surface area contributed by atoms with E-state index in [0.717, 1.165) is 31.0 Å². The van der Waals surface area contributed by atoms with E-state index in [9.17, 15) is 4.39 Å². The summed E-state index contributed by atoms with van der Waals surface area (Å²) in [6.45, 7) is 7.25. The molecule has 0 radical (unpaired) electrons. The lowest BCUT2D eigenvalue weighted by molar-refractivity contribution is -0.0339. The van der Waals surface area contributed by atoms with Crippen LogP contribution in [0.3, 0.4) is 0 Å². The third-order valence-electron chi connectivity index (χ3n) is 4.13. The van der Waals surface area contributed by atoms with E-state index in [1.54, 1.807) is 6.07 Å². The molecule has 124 valence electrons. The van der Waals surface area contributed by atoms with Gasteiger partial charge in [-0.15, -0.1) is 0 Å². The average molecular weight is 338 g/mol. The van der Waals surface area contributed by atoms with Crippen molar-refractivity contribution in [2.75, 3.05) is 19.7 Å². The molecule has 1 atom stereocenters. The summed E-state index contributed by atoms with van der Waals surface area (Å²) in [5.41, 5.74) is 0.838. The molecule has 1 saturated heterocycles. The van der Waals surface area contributed by atoms with Crippen molar-refractivity contribution in [3.63, 3.8) is 0 Å². The van der Waals surface area contributed by atoms with Crippen molar-refractivity contribution in [1.29, 1.82) is 0 Å². The first-order valence-electron chi connectivity index (χ1n) is 7.85. The first kappa shape index (κ1) is 16.4. The van der Waals surface area contributed by atoms with Gasteiger partial charge in [-0.25, -0.2) is 9.37 Å². The number of aromatic nitrogens is 2. The van der Waals surface area contributed by atoms with Gasteiger partial charge in [0.25, 0.3) is 0 Å². The lowest BCUT2D eigenvalue weighted by atomic mass is 10.1. The Kier molecular flexibility index (Phi) is 4.99. The van der Waals surface area contributed by atoms with Crippen LogP contribution in [0.4, 0.5) is 4.39 Å². The van der Waals surface area contributed by atoms with Gasteiger partial charge in [0, 0.05) is 42.1 Å². The molecule has 2 aromatic rings. The Morgan fingerprint density at radius 3 is 3.00 bits per heavy atom. The fraction of sp³-hybridized carbons (Fsp3) is 0.471. The van der Waals surface area contributed by atoms with Crippen molar-refractivity contribution in [1.82, 2.24) is 14.5 Å². The molecule has 1 fully saturated rings. The molecule has 0 N–H and O–H groups in total. The van der Waals surface area contributed by atoms with Crippen molar-refractivity contribution in [2.45, 2.75) is 32.5 Å². The Morgan fingerprint density at radius 1 is 1.43 bits per heavy atom. The van der Waals surface area contributed by atoms with Crippen LogP contribution in [0.15, 0.2) is 30.6 Å². The largest absolute Gasteiger partial charge is 0.371 e. The summed E-state index contributed by atoms with van der Waals surface area (Å²) in [5, 5.41) is 0.417. The third-order valence-corrected chi connectivity index (χ3v) is 4.46.